The van der Waals surface area contributed by atoms with E-state index in [-0.39, 0.29) is 24.2 Å². The molecule has 5 nitrogen and oxygen atoms in total. The Morgan fingerprint density at radius 1 is 1.60 bits per heavy atom. The standard InChI is InChI=1S/C10H17NO4/c1-3-15-10(13)8-6-9(12)11(7-8)4-5-14-2/h8H,3-7H2,1-2H3. The van der Waals surface area contributed by atoms with Gasteiger partial charge in [0.15, 0.2) is 0 Å². The first kappa shape index (κ1) is 12.0. The fraction of sp³-hybridized carbons (Fsp3) is 0.800. The summed E-state index contributed by atoms with van der Waals surface area (Å²) in [5.74, 6) is -0.565. The second-order valence-corrected chi connectivity index (χ2v) is 3.49. The van der Waals surface area contributed by atoms with Crippen molar-refractivity contribution in [2.24, 2.45) is 5.92 Å². The van der Waals surface area contributed by atoms with Gasteiger partial charge in [0.25, 0.3) is 0 Å². The van der Waals surface area contributed by atoms with Gasteiger partial charge in [0.05, 0.1) is 19.1 Å². The van der Waals surface area contributed by atoms with E-state index in [4.69, 9.17) is 9.47 Å². The number of carbonyl (C=O) groups excluding carboxylic acids is 2. The summed E-state index contributed by atoms with van der Waals surface area (Å²) in [5, 5.41) is 0. The van der Waals surface area contributed by atoms with Crippen LogP contribution in [0.2, 0.25) is 0 Å². The Bertz CT molecular complexity index is 242. The monoisotopic (exact) mass is 215 g/mol. The van der Waals surface area contributed by atoms with Crippen LogP contribution in [0.1, 0.15) is 13.3 Å². The van der Waals surface area contributed by atoms with E-state index in [0.717, 1.165) is 0 Å². The summed E-state index contributed by atoms with van der Waals surface area (Å²) in [6, 6.07) is 0. The van der Waals surface area contributed by atoms with E-state index in [1.807, 2.05) is 0 Å². The number of ether oxygens (including phenoxy) is 2. The van der Waals surface area contributed by atoms with Gasteiger partial charge in [-0.05, 0) is 6.92 Å². The van der Waals surface area contributed by atoms with Crippen molar-refractivity contribution in [3.8, 4) is 0 Å². The summed E-state index contributed by atoms with van der Waals surface area (Å²) in [6.07, 6.45) is 0.266. The van der Waals surface area contributed by atoms with E-state index >= 15 is 0 Å². The molecule has 0 aliphatic carbocycles. The van der Waals surface area contributed by atoms with Crippen LogP contribution in [0.4, 0.5) is 0 Å². The minimum absolute atomic E-state index is 0.00473. The second kappa shape index (κ2) is 5.70. The third kappa shape index (κ3) is 3.20. The molecule has 15 heavy (non-hydrogen) atoms. The molecular weight excluding hydrogens is 198 g/mol. The molecule has 1 amide bonds. The van der Waals surface area contributed by atoms with E-state index in [1.165, 1.54) is 0 Å². The van der Waals surface area contributed by atoms with Crippen LogP contribution in [0.25, 0.3) is 0 Å². The van der Waals surface area contributed by atoms with E-state index in [2.05, 4.69) is 0 Å². The SMILES string of the molecule is CCOC(=O)C1CC(=O)N(CCOC)C1. The molecule has 5 heteroatoms. The summed E-state index contributed by atoms with van der Waals surface area (Å²) in [4.78, 5) is 24.5. The molecule has 0 saturated carbocycles. The molecular formula is C10H17NO4. The molecule has 0 N–H and O–H groups in total. The lowest BCUT2D eigenvalue weighted by Gasteiger charge is -2.15. The summed E-state index contributed by atoms with van der Waals surface area (Å²) < 4.78 is 9.76. The maximum absolute atomic E-state index is 11.5. The number of hydrogen-bond donors (Lipinski definition) is 0. The van der Waals surface area contributed by atoms with E-state index in [1.54, 1.807) is 18.9 Å². The Hall–Kier alpha value is -1.10. The lowest BCUT2D eigenvalue weighted by atomic mass is 10.1. The molecule has 0 aromatic heterocycles. The Labute approximate surface area is 89.3 Å². The number of nitrogens with zero attached hydrogens (tertiary/aromatic N) is 1. The van der Waals surface area contributed by atoms with Gasteiger partial charge in [0, 0.05) is 26.6 Å². The number of methoxy groups -OCH3 is 1. The molecule has 0 bridgehead atoms. The molecule has 1 aliphatic heterocycles. The fourth-order valence-electron chi connectivity index (χ4n) is 1.61. The average Bonchev–Trinajstić information content (AvgIpc) is 2.57. The zero-order valence-electron chi connectivity index (χ0n) is 9.19. The van der Waals surface area contributed by atoms with E-state index in [9.17, 15) is 9.59 Å². The number of rotatable bonds is 5. The van der Waals surface area contributed by atoms with Gasteiger partial charge in [-0.2, -0.15) is 0 Å². The molecule has 0 aromatic rings. The van der Waals surface area contributed by atoms with Crippen LogP contribution in [0.5, 0.6) is 0 Å². The minimum Gasteiger partial charge on any atom is -0.466 e. The van der Waals surface area contributed by atoms with Crippen LogP contribution >= 0.6 is 0 Å². The minimum atomic E-state index is -0.297. The highest BCUT2D eigenvalue weighted by Gasteiger charge is 2.34. The zero-order chi connectivity index (χ0) is 11.3. The molecule has 86 valence electrons. The normalized spacial score (nSPS) is 20.8. The lowest BCUT2D eigenvalue weighted by Crippen LogP contribution is -2.29. The first-order valence-electron chi connectivity index (χ1n) is 5.12. The molecule has 1 atom stereocenters. The summed E-state index contributed by atoms with van der Waals surface area (Å²) in [7, 11) is 1.59. The van der Waals surface area contributed by atoms with Crippen LogP contribution in [0.3, 0.4) is 0 Å². The van der Waals surface area contributed by atoms with Crippen molar-refractivity contribution in [1.29, 1.82) is 0 Å². The summed E-state index contributed by atoms with van der Waals surface area (Å²) in [6.45, 7) is 3.63. The van der Waals surface area contributed by atoms with Crippen molar-refractivity contribution in [3.05, 3.63) is 0 Å². The van der Waals surface area contributed by atoms with Gasteiger partial charge in [-0.15, -0.1) is 0 Å². The smallest absolute Gasteiger partial charge is 0.311 e. The Morgan fingerprint density at radius 2 is 2.33 bits per heavy atom. The third-order valence-electron chi connectivity index (χ3n) is 2.40. The first-order valence-corrected chi connectivity index (χ1v) is 5.12. The highest BCUT2D eigenvalue weighted by molar-refractivity contribution is 5.86. The highest BCUT2D eigenvalue weighted by atomic mass is 16.5. The first-order chi connectivity index (χ1) is 7.19. The van der Waals surface area contributed by atoms with Gasteiger partial charge in [-0.3, -0.25) is 9.59 Å². The van der Waals surface area contributed by atoms with Crippen LogP contribution in [0.15, 0.2) is 0 Å². The molecule has 1 heterocycles. The maximum atomic E-state index is 11.5. The van der Waals surface area contributed by atoms with Crippen molar-refractivity contribution in [2.45, 2.75) is 13.3 Å². The fourth-order valence-corrected chi connectivity index (χ4v) is 1.61. The topological polar surface area (TPSA) is 55.8 Å². The van der Waals surface area contributed by atoms with E-state index in [0.29, 0.717) is 26.3 Å². The van der Waals surface area contributed by atoms with Crippen LogP contribution in [0, 0.1) is 5.92 Å². The Morgan fingerprint density at radius 3 is 2.93 bits per heavy atom. The maximum Gasteiger partial charge on any atom is 0.311 e. The highest BCUT2D eigenvalue weighted by Crippen LogP contribution is 2.18. The molecule has 0 radical (unpaired) electrons. The average molecular weight is 215 g/mol. The van der Waals surface area contributed by atoms with E-state index < -0.39 is 0 Å². The number of esters is 1. The third-order valence-corrected chi connectivity index (χ3v) is 2.40. The molecule has 1 unspecified atom stereocenters. The van der Waals surface area contributed by atoms with Gasteiger partial charge in [-0.25, -0.2) is 0 Å². The van der Waals surface area contributed by atoms with Crippen LogP contribution in [-0.4, -0.2) is 50.2 Å². The van der Waals surface area contributed by atoms with Gasteiger partial charge in [-0.1, -0.05) is 0 Å². The summed E-state index contributed by atoms with van der Waals surface area (Å²) in [5.41, 5.74) is 0. The number of amides is 1. The Balaban J connectivity index is 2.41. The van der Waals surface area contributed by atoms with Crippen LogP contribution < -0.4 is 0 Å². The molecule has 1 aliphatic rings. The van der Waals surface area contributed by atoms with Crippen molar-refractivity contribution in [1.82, 2.24) is 4.90 Å². The van der Waals surface area contributed by atoms with Gasteiger partial charge in [0.2, 0.25) is 5.91 Å². The van der Waals surface area contributed by atoms with Crippen molar-refractivity contribution in [2.75, 3.05) is 33.4 Å². The number of hydrogen-bond acceptors (Lipinski definition) is 4. The zero-order valence-corrected chi connectivity index (χ0v) is 9.19. The second-order valence-electron chi connectivity index (χ2n) is 3.49. The number of carbonyl (C=O) groups is 2. The number of likely N-dealkylation sites (tertiary alicyclic amines) is 1. The molecule has 1 rings (SSSR count). The van der Waals surface area contributed by atoms with Gasteiger partial charge in [0.1, 0.15) is 0 Å². The van der Waals surface area contributed by atoms with Gasteiger partial charge >= 0.3 is 5.97 Å². The lowest BCUT2D eigenvalue weighted by molar-refractivity contribution is -0.147. The van der Waals surface area contributed by atoms with Crippen molar-refractivity contribution >= 4 is 11.9 Å². The molecule has 0 spiro atoms. The summed E-state index contributed by atoms with van der Waals surface area (Å²) >= 11 is 0. The van der Waals surface area contributed by atoms with Crippen molar-refractivity contribution < 1.29 is 19.1 Å². The molecule has 1 saturated heterocycles. The van der Waals surface area contributed by atoms with Crippen LogP contribution in [-0.2, 0) is 19.1 Å². The van der Waals surface area contributed by atoms with Gasteiger partial charge < -0.3 is 14.4 Å². The van der Waals surface area contributed by atoms with Crippen molar-refractivity contribution in [3.63, 3.8) is 0 Å². The molecule has 0 aromatic carbocycles. The molecule has 1 fully saturated rings. The predicted molar refractivity (Wildman–Crippen MR) is 53.2 cm³/mol. The predicted octanol–water partition coefficient (Wildman–Crippen LogP) is 0.0444. The Kier molecular flexibility index (Phi) is 4.55. The quantitative estimate of drug-likeness (QED) is 0.608. The largest absolute Gasteiger partial charge is 0.466 e.